The summed E-state index contributed by atoms with van der Waals surface area (Å²) >= 11 is 0. The predicted octanol–water partition coefficient (Wildman–Crippen LogP) is 4.35. The van der Waals surface area contributed by atoms with Crippen LogP contribution in [0.25, 0.3) is 6.08 Å². The molecule has 0 spiro atoms. The Hall–Kier alpha value is -2.03. The lowest BCUT2D eigenvalue weighted by atomic mass is 9.69. The van der Waals surface area contributed by atoms with E-state index < -0.39 is 11.0 Å². The molecule has 0 radical (unpaired) electrons. The van der Waals surface area contributed by atoms with Gasteiger partial charge in [0.1, 0.15) is 11.4 Å². The Bertz CT molecular complexity index is 607. The number of allylic oxidation sites excluding steroid dienone is 1. The number of benzene rings is 1. The lowest BCUT2D eigenvalue weighted by Gasteiger charge is -2.45. The molecular weight excluding hydrogens is 276 g/mol. The first-order chi connectivity index (χ1) is 10.3. The third-order valence-electron chi connectivity index (χ3n) is 4.44. The third-order valence-corrected chi connectivity index (χ3v) is 4.44. The Morgan fingerprint density at radius 2 is 1.82 bits per heavy atom. The topological polar surface area (TPSA) is 35.5 Å². The summed E-state index contributed by atoms with van der Waals surface area (Å²) in [4.78, 5) is 12.3. The van der Waals surface area contributed by atoms with Gasteiger partial charge in [0.2, 0.25) is 0 Å². The molecule has 0 unspecified atom stereocenters. The minimum Gasteiger partial charge on any atom is -0.487 e. The SMILES string of the molecule is CCOC(=O)C1=CC(=Cc2ccccc2)OC(C)(C)C1(C)C. The first-order valence-electron chi connectivity index (χ1n) is 7.63. The van der Waals surface area contributed by atoms with Crippen molar-refractivity contribution >= 4 is 12.0 Å². The van der Waals surface area contributed by atoms with Gasteiger partial charge in [0.05, 0.1) is 12.2 Å². The summed E-state index contributed by atoms with van der Waals surface area (Å²) in [6.07, 6.45) is 3.74. The molecule has 1 heterocycles. The zero-order valence-corrected chi connectivity index (χ0v) is 14.0. The van der Waals surface area contributed by atoms with Crippen LogP contribution < -0.4 is 0 Å². The minimum absolute atomic E-state index is 0.275. The molecule has 1 aliphatic heterocycles. The second-order valence-electron chi connectivity index (χ2n) is 6.47. The highest BCUT2D eigenvalue weighted by Gasteiger charge is 2.48. The van der Waals surface area contributed by atoms with Crippen molar-refractivity contribution in [2.24, 2.45) is 5.41 Å². The fraction of sp³-hybridized carbons (Fsp3) is 0.421. The first kappa shape index (κ1) is 16.3. The summed E-state index contributed by atoms with van der Waals surface area (Å²) in [5.41, 5.74) is 0.734. The van der Waals surface area contributed by atoms with Crippen molar-refractivity contribution in [2.75, 3.05) is 6.61 Å². The predicted molar refractivity (Wildman–Crippen MR) is 88.1 cm³/mol. The van der Waals surface area contributed by atoms with E-state index >= 15 is 0 Å². The van der Waals surface area contributed by atoms with Crippen molar-refractivity contribution in [3.05, 3.63) is 53.3 Å². The number of carbonyl (C=O) groups is 1. The van der Waals surface area contributed by atoms with E-state index in [0.29, 0.717) is 17.9 Å². The molecule has 1 aromatic carbocycles. The van der Waals surface area contributed by atoms with Crippen molar-refractivity contribution < 1.29 is 14.3 Å². The van der Waals surface area contributed by atoms with Crippen LogP contribution in [0.3, 0.4) is 0 Å². The molecule has 0 aromatic heterocycles. The van der Waals surface area contributed by atoms with E-state index in [1.807, 2.05) is 71.0 Å². The molecule has 0 aliphatic carbocycles. The molecule has 1 aliphatic rings. The summed E-state index contributed by atoms with van der Waals surface area (Å²) in [7, 11) is 0. The van der Waals surface area contributed by atoms with Crippen molar-refractivity contribution in [3.63, 3.8) is 0 Å². The fourth-order valence-electron chi connectivity index (χ4n) is 2.41. The number of carbonyl (C=O) groups excluding carboxylic acids is 1. The number of esters is 1. The van der Waals surface area contributed by atoms with E-state index in [-0.39, 0.29) is 5.97 Å². The van der Waals surface area contributed by atoms with Gasteiger partial charge in [-0.15, -0.1) is 0 Å². The maximum absolute atomic E-state index is 12.3. The van der Waals surface area contributed by atoms with Crippen LogP contribution in [0.2, 0.25) is 0 Å². The van der Waals surface area contributed by atoms with E-state index in [1.165, 1.54) is 0 Å². The van der Waals surface area contributed by atoms with Gasteiger partial charge in [0, 0.05) is 5.41 Å². The van der Waals surface area contributed by atoms with Gasteiger partial charge in [-0.25, -0.2) is 4.79 Å². The van der Waals surface area contributed by atoms with Gasteiger partial charge in [0.25, 0.3) is 0 Å². The molecular formula is C19H24O3. The molecule has 0 atom stereocenters. The van der Waals surface area contributed by atoms with Crippen LogP contribution in [0.4, 0.5) is 0 Å². The van der Waals surface area contributed by atoms with E-state index in [4.69, 9.17) is 9.47 Å². The lowest BCUT2D eigenvalue weighted by molar-refractivity contribution is -0.143. The molecule has 2 rings (SSSR count). The Balaban J connectivity index is 2.47. The Labute approximate surface area is 132 Å². The molecule has 0 amide bonds. The Kier molecular flexibility index (Phi) is 4.45. The quantitative estimate of drug-likeness (QED) is 0.778. The van der Waals surface area contributed by atoms with Gasteiger partial charge in [-0.1, -0.05) is 44.2 Å². The van der Waals surface area contributed by atoms with Crippen LogP contribution in [0, 0.1) is 5.41 Å². The Morgan fingerprint density at radius 1 is 1.18 bits per heavy atom. The van der Waals surface area contributed by atoms with Crippen LogP contribution in [0.5, 0.6) is 0 Å². The summed E-state index contributed by atoms with van der Waals surface area (Å²) in [6.45, 7) is 10.2. The monoisotopic (exact) mass is 300 g/mol. The van der Waals surface area contributed by atoms with Crippen LogP contribution >= 0.6 is 0 Å². The number of ether oxygens (including phenoxy) is 2. The normalized spacial score (nSPS) is 21.0. The maximum Gasteiger partial charge on any atom is 0.334 e. The smallest absolute Gasteiger partial charge is 0.334 e. The number of rotatable bonds is 3. The number of hydrogen-bond acceptors (Lipinski definition) is 3. The van der Waals surface area contributed by atoms with Gasteiger partial charge >= 0.3 is 5.97 Å². The zero-order chi connectivity index (χ0) is 16.4. The van der Waals surface area contributed by atoms with Crippen molar-refractivity contribution in [1.82, 2.24) is 0 Å². The Morgan fingerprint density at radius 3 is 2.41 bits per heavy atom. The zero-order valence-electron chi connectivity index (χ0n) is 14.0. The first-order valence-corrected chi connectivity index (χ1v) is 7.63. The second-order valence-corrected chi connectivity index (χ2v) is 6.47. The molecule has 0 N–H and O–H groups in total. The van der Waals surface area contributed by atoms with Crippen molar-refractivity contribution in [1.29, 1.82) is 0 Å². The molecule has 3 heteroatoms. The summed E-state index contributed by atoms with van der Waals surface area (Å²) < 4.78 is 11.3. The molecule has 0 saturated carbocycles. The van der Waals surface area contributed by atoms with Crippen molar-refractivity contribution in [3.8, 4) is 0 Å². The van der Waals surface area contributed by atoms with Crippen molar-refractivity contribution in [2.45, 2.75) is 40.2 Å². The highest BCUT2D eigenvalue weighted by atomic mass is 16.5. The standard InChI is InChI=1S/C19H24O3/c1-6-21-17(20)16-13-15(12-14-10-8-7-9-11-14)22-19(4,5)18(16,2)3/h7-13H,6H2,1-5H3. The average molecular weight is 300 g/mol. The van der Waals surface area contributed by atoms with Gasteiger partial charge in [-0.05, 0) is 38.5 Å². The van der Waals surface area contributed by atoms with Crippen LogP contribution in [0.15, 0.2) is 47.7 Å². The van der Waals surface area contributed by atoms with Crippen LogP contribution in [-0.2, 0) is 14.3 Å². The van der Waals surface area contributed by atoms with E-state index in [2.05, 4.69) is 0 Å². The molecule has 1 aromatic rings. The maximum atomic E-state index is 12.3. The molecule has 0 bridgehead atoms. The highest BCUT2D eigenvalue weighted by Crippen LogP contribution is 2.46. The van der Waals surface area contributed by atoms with Gasteiger partial charge < -0.3 is 9.47 Å². The summed E-state index contributed by atoms with van der Waals surface area (Å²) in [6, 6.07) is 9.92. The van der Waals surface area contributed by atoms with E-state index in [1.54, 1.807) is 6.08 Å². The molecule has 3 nitrogen and oxygen atoms in total. The van der Waals surface area contributed by atoms with Gasteiger partial charge in [0.15, 0.2) is 0 Å². The summed E-state index contributed by atoms with van der Waals surface area (Å²) in [5, 5.41) is 0. The van der Waals surface area contributed by atoms with Crippen LogP contribution in [-0.4, -0.2) is 18.2 Å². The van der Waals surface area contributed by atoms with Gasteiger partial charge in [-0.2, -0.15) is 0 Å². The molecule has 0 fully saturated rings. The second kappa shape index (κ2) is 5.99. The molecule has 118 valence electrons. The summed E-state index contributed by atoms with van der Waals surface area (Å²) in [5.74, 6) is 0.404. The van der Waals surface area contributed by atoms with E-state index in [9.17, 15) is 4.79 Å². The average Bonchev–Trinajstić information content (AvgIpc) is 2.44. The minimum atomic E-state index is -0.509. The van der Waals surface area contributed by atoms with Crippen LogP contribution in [0.1, 0.15) is 40.2 Å². The van der Waals surface area contributed by atoms with E-state index in [0.717, 1.165) is 5.56 Å². The molecule has 22 heavy (non-hydrogen) atoms. The number of hydrogen-bond donors (Lipinski definition) is 0. The molecule has 0 saturated heterocycles. The third kappa shape index (κ3) is 3.08. The highest BCUT2D eigenvalue weighted by molar-refractivity contribution is 5.91. The fourth-order valence-corrected chi connectivity index (χ4v) is 2.41. The van der Waals surface area contributed by atoms with Gasteiger partial charge in [-0.3, -0.25) is 0 Å². The largest absolute Gasteiger partial charge is 0.487 e. The lowest BCUT2D eigenvalue weighted by Crippen LogP contribution is -2.47.